The van der Waals surface area contributed by atoms with Crippen LogP contribution in [0.25, 0.3) is 0 Å². The molecule has 3 rings (SSSR count). The third kappa shape index (κ3) is 4.18. The van der Waals surface area contributed by atoms with Crippen molar-refractivity contribution in [1.29, 1.82) is 0 Å². The van der Waals surface area contributed by atoms with Gasteiger partial charge in [0.2, 0.25) is 11.9 Å². The first kappa shape index (κ1) is 15.3. The molecule has 1 fully saturated rings. The molecule has 0 bridgehead atoms. The average Bonchev–Trinajstić information content (AvgIpc) is 2.56. The van der Waals surface area contributed by atoms with E-state index in [2.05, 4.69) is 25.5 Å². The molecular weight excluding hydrogens is 290 g/mol. The molecule has 120 valence electrons. The van der Waals surface area contributed by atoms with Gasteiger partial charge in [0.15, 0.2) is 0 Å². The van der Waals surface area contributed by atoms with Crippen LogP contribution in [0.3, 0.4) is 0 Å². The van der Waals surface area contributed by atoms with Crippen molar-refractivity contribution in [2.24, 2.45) is 0 Å². The zero-order chi connectivity index (χ0) is 16.1. The summed E-state index contributed by atoms with van der Waals surface area (Å²) in [5.41, 5.74) is 1.58. The number of carbonyl (C=O) groups is 1. The Balaban J connectivity index is 1.73. The molecule has 6 nitrogen and oxygen atoms in total. The number of aromatic nitrogens is 2. The van der Waals surface area contributed by atoms with Gasteiger partial charge in [-0.2, -0.15) is 4.98 Å². The van der Waals surface area contributed by atoms with Gasteiger partial charge in [0.1, 0.15) is 5.82 Å². The van der Waals surface area contributed by atoms with Gasteiger partial charge in [-0.3, -0.25) is 4.79 Å². The van der Waals surface area contributed by atoms with Crippen LogP contribution >= 0.6 is 0 Å². The van der Waals surface area contributed by atoms with Crippen molar-refractivity contribution >= 4 is 29.0 Å². The molecule has 1 saturated heterocycles. The Morgan fingerprint density at radius 3 is 2.70 bits per heavy atom. The summed E-state index contributed by atoms with van der Waals surface area (Å²) in [6.45, 7) is 3.59. The summed E-state index contributed by atoms with van der Waals surface area (Å²) < 4.78 is 0. The van der Waals surface area contributed by atoms with Crippen molar-refractivity contribution in [1.82, 2.24) is 9.97 Å². The first-order valence-electron chi connectivity index (χ1n) is 7.93. The van der Waals surface area contributed by atoms with E-state index in [0.29, 0.717) is 5.95 Å². The van der Waals surface area contributed by atoms with Crippen molar-refractivity contribution in [2.75, 3.05) is 28.6 Å². The molecule has 2 N–H and O–H groups in total. The van der Waals surface area contributed by atoms with E-state index in [9.17, 15) is 4.79 Å². The van der Waals surface area contributed by atoms with Gasteiger partial charge in [-0.15, -0.1) is 0 Å². The summed E-state index contributed by atoms with van der Waals surface area (Å²) in [5, 5.41) is 5.96. The summed E-state index contributed by atoms with van der Waals surface area (Å²) in [6.07, 6.45) is 5.50. The molecule has 1 aliphatic heterocycles. The molecule has 1 aliphatic rings. The zero-order valence-corrected chi connectivity index (χ0v) is 13.2. The fourth-order valence-corrected chi connectivity index (χ4v) is 2.72. The molecule has 0 unspecified atom stereocenters. The lowest BCUT2D eigenvalue weighted by molar-refractivity contribution is -0.114. The van der Waals surface area contributed by atoms with Gasteiger partial charge in [-0.05, 0) is 43.5 Å². The maximum Gasteiger partial charge on any atom is 0.229 e. The van der Waals surface area contributed by atoms with Crippen LogP contribution in [-0.2, 0) is 4.79 Å². The number of hydrogen-bond donors (Lipinski definition) is 2. The second-order valence-electron chi connectivity index (χ2n) is 5.67. The SMILES string of the molecule is CC(=O)Nc1cccc(Nc2nccc(N3CCCCC3)n2)c1. The van der Waals surface area contributed by atoms with Crippen molar-refractivity contribution in [2.45, 2.75) is 26.2 Å². The fourth-order valence-electron chi connectivity index (χ4n) is 2.72. The molecule has 0 spiro atoms. The quantitative estimate of drug-likeness (QED) is 0.907. The molecule has 1 amide bonds. The largest absolute Gasteiger partial charge is 0.356 e. The van der Waals surface area contributed by atoms with E-state index in [1.165, 1.54) is 26.2 Å². The van der Waals surface area contributed by atoms with Crippen LogP contribution < -0.4 is 15.5 Å². The Bertz CT molecular complexity index is 682. The molecule has 2 aromatic rings. The van der Waals surface area contributed by atoms with Crippen molar-refractivity contribution < 1.29 is 4.79 Å². The highest BCUT2D eigenvalue weighted by Gasteiger charge is 2.12. The van der Waals surface area contributed by atoms with Gasteiger partial charge >= 0.3 is 0 Å². The predicted octanol–water partition coefficient (Wildman–Crippen LogP) is 3.17. The van der Waals surface area contributed by atoms with Crippen LogP contribution in [0.15, 0.2) is 36.5 Å². The first-order chi connectivity index (χ1) is 11.2. The van der Waals surface area contributed by atoms with Gasteiger partial charge in [-0.1, -0.05) is 6.07 Å². The van der Waals surface area contributed by atoms with Crippen molar-refractivity contribution in [3.8, 4) is 0 Å². The third-order valence-electron chi connectivity index (χ3n) is 3.76. The summed E-state index contributed by atoms with van der Waals surface area (Å²) in [7, 11) is 0. The van der Waals surface area contributed by atoms with Crippen LogP contribution in [0.4, 0.5) is 23.1 Å². The van der Waals surface area contributed by atoms with Gasteiger partial charge < -0.3 is 15.5 Å². The minimum atomic E-state index is -0.0921. The maximum atomic E-state index is 11.1. The standard InChI is InChI=1S/C17H21N5O/c1-13(23)19-14-6-5-7-15(12-14)20-17-18-9-8-16(21-17)22-10-3-2-4-11-22/h5-9,12H,2-4,10-11H2,1H3,(H,19,23)(H,18,20,21). The smallest absolute Gasteiger partial charge is 0.229 e. The monoisotopic (exact) mass is 311 g/mol. The summed E-state index contributed by atoms with van der Waals surface area (Å²) in [4.78, 5) is 22.3. The highest BCUT2D eigenvalue weighted by atomic mass is 16.1. The third-order valence-corrected chi connectivity index (χ3v) is 3.76. The van der Waals surface area contributed by atoms with Crippen LogP contribution in [-0.4, -0.2) is 29.0 Å². The minimum Gasteiger partial charge on any atom is -0.356 e. The van der Waals surface area contributed by atoms with Crippen LogP contribution in [0.5, 0.6) is 0 Å². The lowest BCUT2D eigenvalue weighted by Gasteiger charge is -2.27. The van der Waals surface area contributed by atoms with Crippen molar-refractivity contribution in [3.63, 3.8) is 0 Å². The summed E-state index contributed by atoms with van der Waals surface area (Å²) in [6, 6.07) is 9.45. The Hall–Kier alpha value is -2.63. The lowest BCUT2D eigenvalue weighted by atomic mass is 10.1. The number of hydrogen-bond acceptors (Lipinski definition) is 5. The molecule has 0 saturated carbocycles. The van der Waals surface area contributed by atoms with E-state index < -0.39 is 0 Å². The van der Waals surface area contributed by atoms with E-state index in [4.69, 9.17) is 0 Å². The normalized spacial score (nSPS) is 14.4. The molecule has 0 radical (unpaired) electrons. The van der Waals surface area contributed by atoms with Crippen molar-refractivity contribution in [3.05, 3.63) is 36.5 Å². The number of amides is 1. The fraction of sp³-hybridized carbons (Fsp3) is 0.353. The zero-order valence-electron chi connectivity index (χ0n) is 13.2. The van der Waals surface area contributed by atoms with Gasteiger partial charge in [-0.25, -0.2) is 4.98 Å². The number of benzene rings is 1. The number of piperidine rings is 1. The van der Waals surface area contributed by atoms with Crippen LogP contribution in [0.2, 0.25) is 0 Å². The van der Waals surface area contributed by atoms with E-state index >= 15 is 0 Å². The van der Waals surface area contributed by atoms with Gasteiger partial charge in [0.05, 0.1) is 0 Å². The molecule has 0 aliphatic carbocycles. The Labute approximate surface area is 135 Å². The van der Waals surface area contributed by atoms with E-state index in [0.717, 1.165) is 30.3 Å². The second-order valence-corrected chi connectivity index (χ2v) is 5.67. The number of carbonyl (C=O) groups excluding carboxylic acids is 1. The average molecular weight is 311 g/mol. The molecule has 1 aromatic carbocycles. The molecule has 23 heavy (non-hydrogen) atoms. The highest BCUT2D eigenvalue weighted by Crippen LogP contribution is 2.21. The predicted molar refractivity (Wildman–Crippen MR) is 92.1 cm³/mol. The van der Waals surface area contributed by atoms with Crippen LogP contribution in [0, 0.1) is 0 Å². The Kier molecular flexibility index (Phi) is 4.71. The number of nitrogens with zero attached hydrogens (tertiary/aromatic N) is 3. The molecule has 2 heterocycles. The molecule has 0 atom stereocenters. The molecule has 1 aromatic heterocycles. The Morgan fingerprint density at radius 2 is 1.91 bits per heavy atom. The molecule has 6 heteroatoms. The van der Waals surface area contributed by atoms with Gasteiger partial charge in [0, 0.05) is 37.6 Å². The highest BCUT2D eigenvalue weighted by molar-refractivity contribution is 5.89. The minimum absolute atomic E-state index is 0.0921. The summed E-state index contributed by atoms with van der Waals surface area (Å²) in [5.74, 6) is 1.43. The van der Waals surface area contributed by atoms with E-state index in [1.807, 2.05) is 30.3 Å². The van der Waals surface area contributed by atoms with E-state index in [1.54, 1.807) is 6.20 Å². The van der Waals surface area contributed by atoms with Crippen LogP contribution in [0.1, 0.15) is 26.2 Å². The van der Waals surface area contributed by atoms with E-state index in [-0.39, 0.29) is 5.91 Å². The number of nitrogens with one attached hydrogen (secondary N) is 2. The number of rotatable bonds is 4. The molecular formula is C17H21N5O. The maximum absolute atomic E-state index is 11.1. The Morgan fingerprint density at radius 1 is 1.13 bits per heavy atom. The lowest BCUT2D eigenvalue weighted by Crippen LogP contribution is -2.30. The topological polar surface area (TPSA) is 70.2 Å². The second kappa shape index (κ2) is 7.09. The van der Waals surface area contributed by atoms with Gasteiger partial charge in [0.25, 0.3) is 0 Å². The number of anilines is 4. The first-order valence-corrected chi connectivity index (χ1v) is 7.93. The summed E-state index contributed by atoms with van der Waals surface area (Å²) >= 11 is 0.